The first-order valence-corrected chi connectivity index (χ1v) is 4.47. The van der Waals surface area contributed by atoms with Crippen molar-refractivity contribution in [1.29, 1.82) is 0 Å². The molecule has 60 valence electrons. The molecule has 4 nitrogen and oxygen atoms in total. The summed E-state index contributed by atoms with van der Waals surface area (Å²) in [4.78, 5) is 0. The van der Waals surface area contributed by atoms with Gasteiger partial charge in [0.05, 0.1) is 6.54 Å². The maximum Gasteiger partial charge on any atom is 0.203 e. The molecule has 1 aliphatic rings. The van der Waals surface area contributed by atoms with Crippen molar-refractivity contribution < 1.29 is 0 Å². The predicted molar refractivity (Wildman–Crippen MR) is 44.2 cm³/mol. The van der Waals surface area contributed by atoms with Crippen LogP contribution in [-0.4, -0.2) is 16.2 Å². The summed E-state index contributed by atoms with van der Waals surface area (Å²) >= 11 is 1.45. The second-order valence-corrected chi connectivity index (χ2v) is 3.78. The topological polar surface area (TPSA) is 63.8 Å². The Labute approximate surface area is 68.8 Å². The number of aromatic nitrogens is 2. The summed E-state index contributed by atoms with van der Waals surface area (Å²) < 4.78 is 0. The van der Waals surface area contributed by atoms with E-state index in [4.69, 9.17) is 5.73 Å². The van der Waals surface area contributed by atoms with Crippen molar-refractivity contribution in [2.24, 2.45) is 0 Å². The van der Waals surface area contributed by atoms with Gasteiger partial charge in [0.25, 0.3) is 0 Å². The van der Waals surface area contributed by atoms with Crippen LogP contribution in [0.3, 0.4) is 0 Å². The third kappa shape index (κ3) is 1.87. The third-order valence-corrected chi connectivity index (χ3v) is 2.35. The summed E-state index contributed by atoms with van der Waals surface area (Å²) in [5, 5.41) is 12.5. The van der Waals surface area contributed by atoms with Crippen LogP contribution >= 0.6 is 11.3 Å². The fourth-order valence-corrected chi connectivity index (χ4v) is 1.42. The van der Waals surface area contributed by atoms with E-state index in [-0.39, 0.29) is 0 Å². The first kappa shape index (κ1) is 7.00. The molecule has 0 radical (unpaired) electrons. The number of nitrogens with one attached hydrogen (secondary N) is 1. The molecule has 11 heavy (non-hydrogen) atoms. The van der Waals surface area contributed by atoms with E-state index in [0.717, 1.165) is 17.6 Å². The van der Waals surface area contributed by atoms with Gasteiger partial charge in [-0.15, -0.1) is 10.2 Å². The Morgan fingerprint density at radius 3 is 2.91 bits per heavy atom. The maximum absolute atomic E-state index is 5.42. The molecule has 2 rings (SSSR count). The average Bonchev–Trinajstić information content (AvgIpc) is 2.72. The molecular formula is C6H10N4S. The highest BCUT2D eigenvalue weighted by Crippen LogP contribution is 2.20. The highest BCUT2D eigenvalue weighted by atomic mass is 32.1. The molecule has 0 bridgehead atoms. The molecule has 1 fully saturated rings. The van der Waals surface area contributed by atoms with Crippen LogP contribution in [0.25, 0.3) is 0 Å². The Morgan fingerprint density at radius 2 is 2.36 bits per heavy atom. The highest BCUT2D eigenvalue weighted by Gasteiger charge is 2.20. The van der Waals surface area contributed by atoms with Gasteiger partial charge in [-0.3, -0.25) is 0 Å². The fraction of sp³-hybridized carbons (Fsp3) is 0.667. The molecule has 1 aliphatic carbocycles. The monoisotopic (exact) mass is 170 g/mol. The van der Waals surface area contributed by atoms with Gasteiger partial charge in [-0.2, -0.15) is 0 Å². The van der Waals surface area contributed by atoms with Crippen molar-refractivity contribution in [3.8, 4) is 0 Å². The van der Waals surface area contributed by atoms with E-state index < -0.39 is 0 Å². The summed E-state index contributed by atoms with van der Waals surface area (Å²) in [6, 6.07) is 0.722. The van der Waals surface area contributed by atoms with E-state index in [9.17, 15) is 0 Å². The number of hydrogen-bond acceptors (Lipinski definition) is 5. The number of nitrogens with zero attached hydrogens (tertiary/aromatic N) is 2. The first-order chi connectivity index (χ1) is 5.34. The molecule has 1 aromatic heterocycles. The Morgan fingerprint density at radius 1 is 1.55 bits per heavy atom. The zero-order valence-electron chi connectivity index (χ0n) is 6.08. The van der Waals surface area contributed by atoms with Gasteiger partial charge in [-0.25, -0.2) is 0 Å². The second kappa shape index (κ2) is 2.75. The van der Waals surface area contributed by atoms with Gasteiger partial charge in [0, 0.05) is 6.04 Å². The zero-order chi connectivity index (χ0) is 7.68. The second-order valence-electron chi connectivity index (χ2n) is 2.69. The SMILES string of the molecule is Nc1nnc(CNC2CC2)s1. The third-order valence-electron chi connectivity index (χ3n) is 1.60. The van der Waals surface area contributed by atoms with Crippen LogP contribution in [0.15, 0.2) is 0 Å². The van der Waals surface area contributed by atoms with E-state index >= 15 is 0 Å². The lowest BCUT2D eigenvalue weighted by atomic mass is 10.6. The maximum atomic E-state index is 5.42. The molecular weight excluding hydrogens is 160 g/mol. The Hall–Kier alpha value is -0.680. The number of rotatable bonds is 3. The number of nitrogen functional groups attached to an aromatic ring is 1. The number of anilines is 1. The van der Waals surface area contributed by atoms with Crippen molar-refractivity contribution >= 4 is 16.5 Å². The molecule has 3 N–H and O–H groups in total. The molecule has 0 aliphatic heterocycles. The Balaban J connectivity index is 1.85. The molecule has 0 spiro atoms. The lowest BCUT2D eigenvalue weighted by molar-refractivity contribution is 0.679. The Kier molecular flexibility index (Phi) is 1.75. The van der Waals surface area contributed by atoms with E-state index in [1.165, 1.54) is 24.2 Å². The van der Waals surface area contributed by atoms with Crippen LogP contribution in [0.4, 0.5) is 5.13 Å². The van der Waals surface area contributed by atoms with Crippen molar-refractivity contribution in [2.45, 2.75) is 25.4 Å². The normalized spacial score (nSPS) is 17.1. The highest BCUT2D eigenvalue weighted by molar-refractivity contribution is 7.15. The summed E-state index contributed by atoms with van der Waals surface area (Å²) in [6.45, 7) is 0.819. The van der Waals surface area contributed by atoms with Crippen molar-refractivity contribution in [3.63, 3.8) is 0 Å². The molecule has 0 aromatic carbocycles. The summed E-state index contributed by atoms with van der Waals surface area (Å²) in [5.74, 6) is 0. The van der Waals surface area contributed by atoms with Crippen LogP contribution in [0, 0.1) is 0 Å². The smallest absolute Gasteiger partial charge is 0.203 e. The minimum atomic E-state index is 0.553. The molecule has 0 atom stereocenters. The standard InChI is InChI=1S/C6H10N4S/c7-6-10-9-5(11-6)3-8-4-1-2-4/h4,8H,1-3H2,(H2,7,10). The van der Waals surface area contributed by atoms with Gasteiger partial charge in [0.1, 0.15) is 5.01 Å². The van der Waals surface area contributed by atoms with Gasteiger partial charge < -0.3 is 11.1 Å². The summed E-state index contributed by atoms with van der Waals surface area (Å²) in [6.07, 6.45) is 2.60. The van der Waals surface area contributed by atoms with Crippen molar-refractivity contribution in [3.05, 3.63) is 5.01 Å². The lowest BCUT2D eigenvalue weighted by Crippen LogP contribution is -2.14. The van der Waals surface area contributed by atoms with Gasteiger partial charge in [-0.05, 0) is 12.8 Å². The fourth-order valence-electron chi connectivity index (χ4n) is 0.857. The average molecular weight is 170 g/mol. The molecule has 1 saturated carbocycles. The van der Waals surface area contributed by atoms with Crippen molar-refractivity contribution in [2.75, 3.05) is 5.73 Å². The predicted octanol–water partition coefficient (Wildman–Crippen LogP) is 0.372. The van der Waals surface area contributed by atoms with Crippen LogP contribution in [0.2, 0.25) is 0 Å². The Bertz CT molecular complexity index is 242. The van der Waals surface area contributed by atoms with Crippen molar-refractivity contribution in [1.82, 2.24) is 15.5 Å². The van der Waals surface area contributed by atoms with Crippen LogP contribution in [-0.2, 0) is 6.54 Å². The lowest BCUT2D eigenvalue weighted by Gasteiger charge is -1.94. The molecule has 1 heterocycles. The zero-order valence-corrected chi connectivity index (χ0v) is 6.90. The van der Waals surface area contributed by atoms with Gasteiger partial charge in [-0.1, -0.05) is 11.3 Å². The molecule has 1 aromatic rings. The largest absolute Gasteiger partial charge is 0.374 e. The molecule has 0 unspecified atom stereocenters. The summed E-state index contributed by atoms with van der Waals surface area (Å²) in [5.41, 5.74) is 5.42. The van der Waals surface area contributed by atoms with Crippen LogP contribution in [0.1, 0.15) is 17.8 Å². The first-order valence-electron chi connectivity index (χ1n) is 3.66. The van der Waals surface area contributed by atoms with E-state index in [1.807, 2.05) is 0 Å². The molecule has 0 amide bonds. The van der Waals surface area contributed by atoms with Crippen LogP contribution < -0.4 is 11.1 Å². The minimum Gasteiger partial charge on any atom is -0.374 e. The van der Waals surface area contributed by atoms with E-state index in [1.54, 1.807) is 0 Å². The van der Waals surface area contributed by atoms with Crippen LogP contribution in [0.5, 0.6) is 0 Å². The van der Waals surface area contributed by atoms with E-state index in [2.05, 4.69) is 15.5 Å². The van der Waals surface area contributed by atoms with Gasteiger partial charge in [0.2, 0.25) is 5.13 Å². The van der Waals surface area contributed by atoms with E-state index in [0.29, 0.717) is 5.13 Å². The number of nitrogens with two attached hydrogens (primary N) is 1. The molecule has 0 saturated heterocycles. The molecule has 5 heteroatoms. The quantitative estimate of drug-likeness (QED) is 0.688. The minimum absolute atomic E-state index is 0.553. The number of hydrogen-bond donors (Lipinski definition) is 2. The summed E-state index contributed by atoms with van der Waals surface area (Å²) in [7, 11) is 0. The van der Waals surface area contributed by atoms with Gasteiger partial charge >= 0.3 is 0 Å². The van der Waals surface area contributed by atoms with Gasteiger partial charge in [0.15, 0.2) is 0 Å².